The van der Waals surface area contributed by atoms with Crippen molar-refractivity contribution in [1.82, 2.24) is 5.06 Å². The van der Waals surface area contributed by atoms with Crippen LogP contribution in [0.2, 0.25) is 0 Å². The number of benzene rings is 1. The molecule has 1 heterocycles. The summed E-state index contributed by atoms with van der Waals surface area (Å²) in [5.74, 6) is -1.65. The molecule has 94 valence electrons. The summed E-state index contributed by atoms with van der Waals surface area (Å²) in [5, 5.41) is 0.551. The number of hydrogen-bond acceptors (Lipinski definition) is 4. The standard InChI is InChI=1S/C12H10INO4/c1-7-6-8(2-3-9(7)13)12(17)18-14-10(15)4-5-11(14)16/h2-3,6H,4-5H2,1H3. The van der Waals surface area contributed by atoms with Gasteiger partial charge in [-0.25, -0.2) is 4.79 Å². The zero-order valence-corrected chi connectivity index (χ0v) is 11.8. The second-order valence-corrected chi connectivity index (χ2v) is 5.09. The highest BCUT2D eigenvalue weighted by atomic mass is 127. The fourth-order valence-electron chi connectivity index (χ4n) is 1.57. The third kappa shape index (κ3) is 2.53. The normalized spacial score (nSPS) is 15.1. The van der Waals surface area contributed by atoms with Crippen molar-refractivity contribution in [3.8, 4) is 0 Å². The van der Waals surface area contributed by atoms with Crippen LogP contribution >= 0.6 is 22.6 Å². The summed E-state index contributed by atoms with van der Waals surface area (Å²) in [7, 11) is 0. The fraction of sp³-hybridized carbons (Fsp3) is 0.250. The van der Waals surface area contributed by atoms with Crippen molar-refractivity contribution in [2.24, 2.45) is 0 Å². The van der Waals surface area contributed by atoms with E-state index in [1.54, 1.807) is 18.2 Å². The maximum atomic E-state index is 11.8. The summed E-state index contributed by atoms with van der Waals surface area (Å²) in [6, 6.07) is 5.04. The predicted octanol–water partition coefficient (Wildman–Crippen LogP) is 1.82. The molecule has 0 bridgehead atoms. The van der Waals surface area contributed by atoms with Crippen molar-refractivity contribution in [2.45, 2.75) is 19.8 Å². The second-order valence-electron chi connectivity index (χ2n) is 3.92. The van der Waals surface area contributed by atoms with Gasteiger partial charge in [0.15, 0.2) is 0 Å². The molecule has 0 aromatic heterocycles. The van der Waals surface area contributed by atoms with Crippen molar-refractivity contribution in [3.05, 3.63) is 32.9 Å². The maximum absolute atomic E-state index is 11.8. The highest BCUT2D eigenvalue weighted by Gasteiger charge is 2.33. The van der Waals surface area contributed by atoms with E-state index in [0.717, 1.165) is 9.13 Å². The zero-order valence-electron chi connectivity index (χ0n) is 9.60. The van der Waals surface area contributed by atoms with Gasteiger partial charge in [0.25, 0.3) is 11.8 Å². The molecule has 1 aliphatic heterocycles. The SMILES string of the molecule is Cc1cc(C(=O)ON2C(=O)CCC2=O)ccc1I. The van der Waals surface area contributed by atoms with Crippen LogP contribution in [0.5, 0.6) is 0 Å². The van der Waals surface area contributed by atoms with Crippen molar-refractivity contribution in [2.75, 3.05) is 0 Å². The molecule has 0 saturated carbocycles. The third-order valence-electron chi connectivity index (χ3n) is 2.57. The first kappa shape index (κ1) is 13.0. The van der Waals surface area contributed by atoms with Crippen molar-refractivity contribution < 1.29 is 19.2 Å². The summed E-state index contributed by atoms with van der Waals surface area (Å²) in [5.41, 5.74) is 1.25. The van der Waals surface area contributed by atoms with Gasteiger partial charge in [0.2, 0.25) is 0 Å². The van der Waals surface area contributed by atoms with E-state index in [0.29, 0.717) is 10.6 Å². The molecule has 0 aliphatic carbocycles. The van der Waals surface area contributed by atoms with E-state index in [2.05, 4.69) is 22.6 Å². The van der Waals surface area contributed by atoms with Gasteiger partial charge in [0.05, 0.1) is 5.56 Å². The molecule has 0 N–H and O–H groups in total. The average Bonchev–Trinajstić information content (AvgIpc) is 2.64. The molecule has 1 saturated heterocycles. The van der Waals surface area contributed by atoms with Crippen LogP contribution in [0, 0.1) is 10.5 Å². The molecule has 6 heteroatoms. The molecule has 0 radical (unpaired) electrons. The van der Waals surface area contributed by atoms with Crippen LogP contribution in [0.15, 0.2) is 18.2 Å². The molecule has 1 aromatic rings. The zero-order chi connectivity index (χ0) is 13.3. The van der Waals surface area contributed by atoms with E-state index in [9.17, 15) is 14.4 Å². The smallest absolute Gasteiger partial charge is 0.325 e. The first-order valence-corrected chi connectivity index (χ1v) is 6.41. The van der Waals surface area contributed by atoms with Gasteiger partial charge in [-0.15, -0.1) is 5.06 Å². The number of rotatable bonds is 2. The van der Waals surface area contributed by atoms with E-state index in [1.165, 1.54) is 0 Å². The van der Waals surface area contributed by atoms with Gasteiger partial charge >= 0.3 is 5.97 Å². The van der Waals surface area contributed by atoms with Crippen LogP contribution in [0.1, 0.15) is 28.8 Å². The summed E-state index contributed by atoms with van der Waals surface area (Å²) in [6.07, 6.45) is 0.190. The molecular weight excluding hydrogens is 349 g/mol. The minimum absolute atomic E-state index is 0.0951. The number of aryl methyl sites for hydroxylation is 1. The molecule has 1 fully saturated rings. The Labute approximate surface area is 117 Å². The van der Waals surface area contributed by atoms with E-state index in [4.69, 9.17) is 4.84 Å². The molecule has 0 spiro atoms. The van der Waals surface area contributed by atoms with E-state index in [-0.39, 0.29) is 12.8 Å². The largest absolute Gasteiger partial charge is 0.363 e. The van der Waals surface area contributed by atoms with Gasteiger partial charge in [0.1, 0.15) is 0 Å². The minimum atomic E-state index is -0.696. The molecular formula is C12H10INO4. The molecule has 2 amide bonds. The summed E-state index contributed by atoms with van der Waals surface area (Å²) in [4.78, 5) is 39.2. The molecule has 0 atom stereocenters. The van der Waals surface area contributed by atoms with Crippen molar-refractivity contribution in [1.29, 1.82) is 0 Å². The number of halogens is 1. The van der Waals surface area contributed by atoms with Crippen LogP contribution in [0.3, 0.4) is 0 Å². The minimum Gasteiger partial charge on any atom is -0.325 e. The molecule has 0 unspecified atom stereocenters. The lowest BCUT2D eigenvalue weighted by Gasteiger charge is -2.12. The van der Waals surface area contributed by atoms with Crippen molar-refractivity contribution >= 4 is 40.4 Å². The van der Waals surface area contributed by atoms with Crippen LogP contribution < -0.4 is 0 Å². The Bertz CT molecular complexity index is 525. The van der Waals surface area contributed by atoms with Crippen LogP contribution in [-0.2, 0) is 14.4 Å². The average molecular weight is 359 g/mol. The predicted molar refractivity (Wildman–Crippen MR) is 70.4 cm³/mol. The number of carbonyl (C=O) groups is 3. The number of nitrogens with zero attached hydrogens (tertiary/aromatic N) is 1. The number of carbonyl (C=O) groups excluding carboxylic acids is 3. The first-order chi connectivity index (χ1) is 8.49. The van der Waals surface area contributed by atoms with Gasteiger partial charge in [0, 0.05) is 16.4 Å². The Hall–Kier alpha value is -1.44. The van der Waals surface area contributed by atoms with Crippen LogP contribution in [0.4, 0.5) is 0 Å². The van der Waals surface area contributed by atoms with Gasteiger partial charge in [-0.1, -0.05) is 0 Å². The Morgan fingerprint density at radius 2 is 1.89 bits per heavy atom. The van der Waals surface area contributed by atoms with Gasteiger partial charge < -0.3 is 4.84 Å². The first-order valence-electron chi connectivity index (χ1n) is 5.33. The Balaban J connectivity index is 2.14. The van der Waals surface area contributed by atoms with E-state index in [1.807, 2.05) is 6.92 Å². The number of hydroxylamine groups is 2. The van der Waals surface area contributed by atoms with E-state index < -0.39 is 17.8 Å². The third-order valence-corrected chi connectivity index (χ3v) is 3.78. The van der Waals surface area contributed by atoms with E-state index >= 15 is 0 Å². The fourth-order valence-corrected chi connectivity index (χ4v) is 1.90. The lowest BCUT2D eigenvalue weighted by Crippen LogP contribution is -2.32. The van der Waals surface area contributed by atoms with Crippen LogP contribution in [-0.4, -0.2) is 22.8 Å². The van der Waals surface area contributed by atoms with Gasteiger partial charge in [-0.3, -0.25) is 9.59 Å². The number of amides is 2. The molecule has 1 aromatic carbocycles. The quantitative estimate of drug-likeness (QED) is 0.597. The van der Waals surface area contributed by atoms with Crippen molar-refractivity contribution in [3.63, 3.8) is 0 Å². The Morgan fingerprint density at radius 1 is 1.28 bits per heavy atom. The molecule has 2 rings (SSSR count). The van der Waals surface area contributed by atoms with Gasteiger partial charge in [-0.2, -0.15) is 0 Å². The maximum Gasteiger partial charge on any atom is 0.363 e. The Morgan fingerprint density at radius 3 is 2.44 bits per heavy atom. The highest BCUT2D eigenvalue weighted by molar-refractivity contribution is 14.1. The molecule has 5 nitrogen and oxygen atoms in total. The number of hydrogen-bond donors (Lipinski definition) is 0. The lowest BCUT2D eigenvalue weighted by molar-refractivity contribution is -0.172. The topological polar surface area (TPSA) is 63.7 Å². The van der Waals surface area contributed by atoms with Crippen LogP contribution in [0.25, 0.3) is 0 Å². The summed E-state index contributed by atoms with van der Waals surface area (Å²) < 4.78 is 1.03. The monoisotopic (exact) mass is 359 g/mol. The highest BCUT2D eigenvalue weighted by Crippen LogP contribution is 2.17. The second kappa shape index (κ2) is 5.05. The molecule has 18 heavy (non-hydrogen) atoms. The lowest BCUT2D eigenvalue weighted by atomic mass is 10.1. The summed E-state index contributed by atoms with van der Waals surface area (Å²) >= 11 is 2.15. The summed E-state index contributed by atoms with van der Waals surface area (Å²) in [6.45, 7) is 1.87. The van der Waals surface area contributed by atoms with Gasteiger partial charge in [-0.05, 0) is 53.3 Å². The Kier molecular flexibility index (Phi) is 3.65. The molecule has 1 aliphatic rings. The number of imide groups is 1.